The Morgan fingerprint density at radius 3 is 2.03 bits per heavy atom. The predicted octanol–water partition coefficient (Wildman–Crippen LogP) is 3.21. The minimum absolute atomic E-state index is 0.0516. The first-order chi connectivity index (χ1) is 18.3. The molecule has 0 aliphatic carbocycles. The Bertz CT molecular complexity index is 1440. The van der Waals surface area contributed by atoms with Gasteiger partial charge in [0.1, 0.15) is 0 Å². The number of hydrogen-bond acceptors (Lipinski definition) is 6. The summed E-state index contributed by atoms with van der Waals surface area (Å²) in [5.41, 5.74) is 0.554. The molecule has 0 saturated carbocycles. The van der Waals surface area contributed by atoms with Gasteiger partial charge in [0.05, 0.1) is 23.2 Å². The number of para-hydroxylation sites is 1. The summed E-state index contributed by atoms with van der Waals surface area (Å²) in [5, 5.41) is 11.5. The van der Waals surface area contributed by atoms with Crippen LogP contribution in [0.15, 0.2) is 89.8 Å². The van der Waals surface area contributed by atoms with Gasteiger partial charge in [0, 0.05) is 30.1 Å². The molecule has 3 aromatic carbocycles. The van der Waals surface area contributed by atoms with Crippen molar-refractivity contribution in [2.75, 3.05) is 23.9 Å². The molecule has 194 valence electrons. The topological polar surface area (TPSA) is 128 Å². The smallest absolute Gasteiger partial charge is 0.272 e. The number of piperidine rings is 1. The molecule has 3 amide bonds. The molecule has 0 aromatic heterocycles. The van der Waals surface area contributed by atoms with E-state index in [2.05, 4.69) is 11.4 Å². The number of hydrogen-bond donors (Lipinski definition) is 1. The first-order valence-electron chi connectivity index (χ1n) is 12.1. The first-order valence-corrected chi connectivity index (χ1v) is 13.5. The molecule has 0 bridgehead atoms. The summed E-state index contributed by atoms with van der Waals surface area (Å²) < 4.78 is 27.9. The van der Waals surface area contributed by atoms with Gasteiger partial charge in [-0.25, -0.2) is 8.42 Å². The van der Waals surface area contributed by atoms with Crippen LogP contribution in [-0.2, 0) is 14.8 Å². The van der Waals surface area contributed by atoms with Crippen molar-refractivity contribution in [2.24, 2.45) is 5.92 Å². The summed E-state index contributed by atoms with van der Waals surface area (Å²) in [6.45, 7) is 0.738. The van der Waals surface area contributed by atoms with E-state index in [0.29, 0.717) is 25.9 Å². The normalized spacial score (nSPS) is 13.8. The number of carbonyl (C=O) groups excluding carboxylic acids is 3. The van der Waals surface area contributed by atoms with Gasteiger partial charge in [-0.1, -0.05) is 36.4 Å². The lowest BCUT2D eigenvalue weighted by Gasteiger charge is -2.29. The van der Waals surface area contributed by atoms with Crippen LogP contribution in [0.2, 0.25) is 0 Å². The zero-order valence-corrected chi connectivity index (χ0v) is 21.3. The maximum absolute atomic E-state index is 13.6. The fourth-order valence-electron chi connectivity index (χ4n) is 4.14. The van der Waals surface area contributed by atoms with Gasteiger partial charge in [-0.15, -0.1) is 0 Å². The number of sulfonamides is 1. The van der Waals surface area contributed by atoms with Crippen molar-refractivity contribution in [2.45, 2.75) is 17.7 Å². The quantitative estimate of drug-likeness (QED) is 0.500. The van der Waals surface area contributed by atoms with Crippen molar-refractivity contribution in [1.29, 1.82) is 5.26 Å². The molecule has 9 nitrogen and oxygen atoms in total. The molecule has 1 aliphatic rings. The van der Waals surface area contributed by atoms with Gasteiger partial charge >= 0.3 is 0 Å². The van der Waals surface area contributed by atoms with Gasteiger partial charge in [-0.3, -0.25) is 14.4 Å². The fraction of sp³-hybridized carbons (Fsp3) is 0.214. The highest BCUT2D eigenvalue weighted by Crippen LogP contribution is 2.26. The first kappa shape index (κ1) is 26.6. The Kier molecular flexibility index (Phi) is 8.19. The van der Waals surface area contributed by atoms with Crippen LogP contribution in [0.25, 0.3) is 0 Å². The molecule has 0 spiro atoms. The van der Waals surface area contributed by atoms with Crippen molar-refractivity contribution in [3.63, 3.8) is 0 Å². The van der Waals surface area contributed by atoms with E-state index in [1.165, 1.54) is 48.5 Å². The summed E-state index contributed by atoms with van der Waals surface area (Å²) in [7, 11) is -4.32. The average Bonchev–Trinajstić information content (AvgIpc) is 2.96. The summed E-state index contributed by atoms with van der Waals surface area (Å²) in [5.74, 6) is -1.54. The van der Waals surface area contributed by atoms with Crippen LogP contribution in [-0.4, -0.2) is 50.7 Å². The van der Waals surface area contributed by atoms with Crippen LogP contribution in [0.5, 0.6) is 0 Å². The lowest BCUT2D eigenvalue weighted by molar-refractivity contribution is -0.131. The van der Waals surface area contributed by atoms with E-state index in [9.17, 15) is 22.8 Å². The Morgan fingerprint density at radius 1 is 0.868 bits per heavy atom. The minimum atomic E-state index is -4.32. The van der Waals surface area contributed by atoms with Crippen LogP contribution in [0, 0.1) is 17.2 Å². The number of nitriles is 1. The highest BCUT2D eigenvalue weighted by atomic mass is 32.2. The number of anilines is 1. The summed E-state index contributed by atoms with van der Waals surface area (Å²) in [6, 6.07) is 23.5. The van der Waals surface area contributed by atoms with E-state index in [-0.39, 0.29) is 40.1 Å². The van der Waals surface area contributed by atoms with Crippen molar-refractivity contribution in [3.05, 3.63) is 96.1 Å². The molecule has 1 saturated heterocycles. The second-order valence-electron chi connectivity index (χ2n) is 8.77. The van der Waals surface area contributed by atoms with Crippen molar-refractivity contribution in [3.8, 4) is 6.07 Å². The van der Waals surface area contributed by atoms with E-state index < -0.39 is 21.8 Å². The fourth-order valence-corrected chi connectivity index (χ4v) is 5.55. The zero-order chi connectivity index (χ0) is 27.1. The van der Waals surface area contributed by atoms with E-state index in [4.69, 9.17) is 5.26 Å². The van der Waals surface area contributed by atoms with Gasteiger partial charge in [0.15, 0.2) is 0 Å². The Labute approximate surface area is 221 Å². The molecule has 1 fully saturated rings. The van der Waals surface area contributed by atoms with Gasteiger partial charge in [0.25, 0.3) is 21.8 Å². The molecule has 10 heteroatoms. The average molecular weight is 531 g/mol. The molecule has 1 aliphatic heterocycles. The number of rotatable bonds is 7. The Balaban J connectivity index is 1.48. The molecular weight excluding hydrogens is 504 g/mol. The second kappa shape index (κ2) is 11.7. The second-order valence-corrected chi connectivity index (χ2v) is 10.6. The van der Waals surface area contributed by atoms with Gasteiger partial charge < -0.3 is 10.2 Å². The standard InChI is InChI=1S/C28H26N4O5S/c29-19-21-15-17-31(18-16-21)26(33)20-30-27(34)22-11-13-25(14-12-22)38(36,37)32(24-9-5-2-6-10-24)28(35)23-7-3-1-4-8-23/h1-14,21H,15-18,20H2,(H,30,34). The third kappa shape index (κ3) is 5.90. The summed E-state index contributed by atoms with van der Waals surface area (Å²) in [4.78, 5) is 39.8. The zero-order valence-electron chi connectivity index (χ0n) is 20.5. The van der Waals surface area contributed by atoms with E-state index in [0.717, 1.165) is 4.31 Å². The molecule has 0 atom stereocenters. The van der Waals surface area contributed by atoms with Gasteiger partial charge in [0.2, 0.25) is 5.91 Å². The molecule has 1 N–H and O–H groups in total. The third-order valence-electron chi connectivity index (χ3n) is 6.28. The number of benzene rings is 3. The molecule has 38 heavy (non-hydrogen) atoms. The van der Waals surface area contributed by atoms with Crippen LogP contribution in [0.1, 0.15) is 33.6 Å². The molecular formula is C28H26N4O5S. The number of nitrogens with zero attached hydrogens (tertiary/aromatic N) is 3. The van der Waals surface area contributed by atoms with Crippen LogP contribution >= 0.6 is 0 Å². The monoisotopic (exact) mass is 530 g/mol. The molecule has 0 radical (unpaired) electrons. The Morgan fingerprint density at radius 2 is 1.45 bits per heavy atom. The number of amides is 3. The van der Waals surface area contributed by atoms with Crippen molar-refractivity contribution >= 4 is 33.4 Å². The maximum Gasteiger partial charge on any atom is 0.272 e. The van der Waals surface area contributed by atoms with E-state index in [1.54, 1.807) is 41.3 Å². The lowest BCUT2D eigenvalue weighted by atomic mass is 9.99. The summed E-state index contributed by atoms with van der Waals surface area (Å²) >= 11 is 0. The molecule has 4 rings (SSSR count). The molecule has 0 unspecified atom stereocenters. The van der Waals surface area contributed by atoms with E-state index >= 15 is 0 Å². The molecule has 1 heterocycles. The van der Waals surface area contributed by atoms with Gasteiger partial charge in [-0.2, -0.15) is 9.57 Å². The summed E-state index contributed by atoms with van der Waals surface area (Å²) in [6.07, 6.45) is 1.22. The van der Waals surface area contributed by atoms with Crippen LogP contribution < -0.4 is 9.62 Å². The van der Waals surface area contributed by atoms with Gasteiger partial charge in [-0.05, 0) is 61.4 Å². The lowest BCUT2D eigenvalue weighted by Crippen LogP contribution is -2.44. The number of nitrogens with one attached hydrogen (secondary N) is 1. The number of likely N-dealkylation sites (tertiary alicyclic amines) is 1. The largest absolute Gasteiger partial charge is 0.343 e. The number of carbonyl (C=O) groups is 3. The van der Waals surface area contributed by atoms with Crippen LogP contribution in [0.3, 0.4) is 0 Å². The highest BCUT2D eigenvalue weighted by molar-refractivity contribution is 7.93. The van der Waals surface area contributed by atoms with Crippen LogP contribution in [0.4, 0.5) is 5.69 Å². The predicted molar refractivity (Wildman–Crippen MR) is 141 cm³/mol. The van der Waals surface area contributed by atoms with Crippen molar-refractivity contribution < 1.29 is 22.8 Å². The third-order valence-corrected chi connectivity index (χ3v) is 8.01. The minimum Gasteiger partial charge on any atom is -0.343 e. The Hall–Kier alpha value is -4.49. The highest BCUT2D eigenvalue weighted by Gasteiger charge is 2.32. The maximum atomic E-state index is 13.6. The molecule has 3 aromatic rings. The van der Waals surface area contributed by atoms with Crippen molar-refractivity contribution in [1.82, 2.24) is 10.2 Å². The SMILES string of the molecule is N#CC1CCN(C(=O)CNC(=O)c2ccc(S(=O)(=O)N(C(=O)c3ccccc3)c3ccccc3)cc2)CC1. The van der Waals surface area contributed by atoms with E-state index in [1.807, 2.05) is 0 Å².